The molecule has 2 aromatic rings. The van der Waals surface area contributed by atoms with Crippen LogP contribution in [0.4, 0.5) is 22.0 Å². The van der Waals surface area contributed by atoms with Gasteiger partial charge in [0.05, 0.1) is 5.56 Å². The number of rotatable bonds is 3. The lowest BCUT2D eigenvalue weighted by molar-refractivity contribution is -0.138. The van der Waals surface area contributed by atoms with Crippen molar-refractivity contribution in [3.05, 3.63) is 59.2 Å². The van der Waals surface area contributed by atoms with Gasteiger partial charge in [0.2, 0.25) is 0 Å². The molecule has 0 atom stereocenters. The van der Waals surface area contributed by atoms with Crippen LogP contribution in [-0.2, 0) is 12.7 Å². The predicted octanol–water partition coefficient (Wildman–Crippen LogP) is 4.23. The molecule has 0 saturated heterocycles. The Morgan fingerprint density at radius 1 is 0.905 bits per heavy atom. The van der Waals surface area contributed by atoms with Crippen molar-refractivity contribution < 1.29 is 26.7 Å². The maximum atomic E-state index is 13.0. The first-order chi connectivity index (χ1) is 9.79. The normalized spacial score (nSPS) is 11.5. The molecule has 0 aliphatic heterocycles. The van der Waals surface area contributed by atoms with Crippen LogP contribution in [-0.4, -0.2) is 0 Å². The second-order valence-corrected chi connectivity index (χ2v) is 4.23. The van der Waals surface area contributed by atoms with Gasteiger partial charge in [-0.25, -0.2) is 8.78 Å². The van der Waals surface area contributed by atoms with Gasteiger partial charge >= 0.3 is 6.18 Å². The van der Waals surface area contributed by atoms with Crippen molar-refractivity contribution in [3.8, 4) is 11.5 Å². The molecule has 21 heavy (non-hydrogen) atoms. The van der Waals surface area contributed by atoms with Crippen molar-refractivity contribution in [2.75, 3.05) is 0 Å². The van der Waals surface area contributed by atoms with E-state index in [9.17, 15) is 22.0 Å². The van der Waals surface area contributed by atoms with Crippen molar-refractivity contribution in [1.82, 2.24) is 0 Å². The number of nitrogens with two attached hydrogens (primary N) is 1. The van der Waals surface area contributed by atoms with Crippen molar-refractivity contribution in [2.24, 2.45) is 5.73 Å². The van der Waals surface area contributed by atoms with Gasteiger partial charge in [0.25, 0.3) is 0 Å². The highest BCUT2D eigenvalue weighted by molar-refractivity contribution is 5.40. The van der Waals surface area contributed by atoms with E-state index < -0.39 is 23.4 Å². The molecule has 0 aliphatic rings. The SMILES string of the molecule is NCc1cc(Oc2cc(F)cc(F)c2)ccc1C(F)(F)F. The highest BCUT2D eigenvalue weighted by Crippen LogP contribution is 2.34. The molecule has 0 unspecified atom stereocenters. The Morgan fingerprint density at radius 2 is 1.52 bits per heavy atom. The van der Waals surface area contributed by atoms with Gasteiger partial charge in [-0.05, 0) is 23.8 Å². The number of halogens is 5. The quantitative estimate of drug-likeness (QED) is 0.861. The standard InChI is InChI=1S/C14H10F5NO/c15-9-4-10(16)6-12(5-9)21-11-1-2-13(14(17,18)19)8(3-11)7-20/h1-6H,7,20H2. The number of benzene rings is 2. The number of hydrogen-bond acceptors (Lipinski definition) is 2. The maximum absolute atomic E-state index is 13.0. The molecule has 0 saturated carbocycles. The molecule has 0 bridgehead atoms. The minimum Gasteiger partial charge on any atom is -0.457 e. The van der Waals surface area contributed by atoms with Crippen LogP contribution in [0.15, 0.2) is 36.4 Å². The van der Waals surface area contributed by atoms with E-state index in [0.717, 1.165) is 30.3 Å². The average Bonchev–Trinajstić information content (AvgIpc) is 2.36. The van der Waals surface area contributed by atoms with E-state index in [0.29, 0.717) is 6.07 Å². The van der Waals surface area contributed by atoms with Gasteiger partial charge in [-0.2, -0.15) is 13.2 Å². The summed E-state index contributed by atoms with van der Waals surface area (Å²) >= 11 is 0. The summed E-state index contributed by atoms with van der Waals surface area (Å²) in [5.41, 5.74) is 4.24. The fraction of sp³-hybridized carbons (Fsp3) is 0.143. The summed E-state index contributed by atoms with van der Waals surface area (Å²) in [7, 11) is 0. The largest absolute Gasteiger partial charge is 0.457 e. The third-order valence-corrected chi connectivity index (χ3v) is 2.67. The number of alkyl halides is 3. The summed E-state index contributed by atoms with van der Waals surface area (Å²) in [5, 5.41) is 0. The fourth-order valence-electron chi connectivity index (χ4n) is 1.80. The lowest BCUT2D eigenvalue weighted by Gasteiger charge is -2.13. The summed E-state index contributed by atoms with van der Waals surface area (Å²) < 4.78 is 69.3. The van der Waals surface area contributed by atoms with E-state index in [1.165, 1.54) is 0 Å². The monoisotopic (exact) mass is 303 g/mol. The molecule has 0 spiro atoms. The molecule has 2 aromatic carbocycles. The van der Waals surface area contributed by atoms with Crippen LogP contribution in [0.1, 0.15) is 11.1 Å². The molecule has 0 radical (unpaired) electrons. The molecular weight excluding hydrogens is 293 g/mol. The van der Waals surface area contributed by atoms with E-state index in [-0.39, 0.29) is 23.6 Å². The second-order valence-electron chi connectivity index (χ2n) is 4.23. The molecule has 0 amide bonds. The molecule has 2 rings (SSSR count). The van der Waals surface area contributed by atoms with Crippen LogP contribution in [0.25, 0.3) is 0 Å². The summed E-state index contributed by atoms with van der Waals surface area (Å²) in [5.74, 6) is -1.85. The van der Waals surface area contributed by atoms with Crippen LogP contribution < -0.4 is 10.5 Å². The molecule has 112 valence electrons. The molecule has 2 nitrogen and oxygen atoms in total. The Hall–Kier alpha value is -2.15. The Balaban J connectivity index is 2.33. The topological polar surface area (TPSA) is 35.2 Å². The van der Waals surface area contributed by atoms with Gasteiger partial charge in [0, 0.05) is 24.7 Å². The van der Waals surface area contributed by atoms with Crippen LogP contribution >= 0.6 is 0 Å². The van der Waals surface area contributed by atoms with E-state index in [2.05, 4.69) is 0 Å². The zero-order valence-electron chi connectivity index (χ0n) is 10.5. The van der Waals surface area contributed by atoms with Gasteiger partial charge in [-0.1, -0.05) is 0 Å². The first kappa shape index (κ1) is 15.2. The summed E-state index contributed by atoms with van der Waals surface area (Å²) in [4.78, 5) is 0. The van der Waals surface area contributed by atoms with E-state index in [1.54, 1.807) is 0 Å². The summed E-state index contributed by atoms with van der Waals surface area (Å²) in [6.45, 7) is -0.344. The van der Waals surface area contributed by atoms with Crippen LogP contribution in [0.2, 0.25) is 0 Å². The van der Waals surface area contributed by atoms with Gasteiger partial charge in [-0.15, -0.1) is 0 Å². The van der Waals surface area contributed by atoms with Gasteiger partial charge in [0.15, 0.2) is 0 Å². The lowest BCUT2D eigenvalue weighted by Crippen LogP contribution is -2.11. The molecule has 0 fully saturated rings. The smallest absolute Gasteiger partial charge is 0.416 e. The zero-order chi connectivity index (χ0) is 15.6. The van der Waals surface area contributed by atoms with Crippen molar-refractivity contribution >= 4 is 0 Å². The zero-order valence-corrected chi connectivity index (χ0v) is 10.5. The Labute approximate surface area is 116 Å². The summed E-state index contributed by atoms with van der Waals surface area (Å²) in [6.07, 6.45) is -4.53. The first-order valence-corrected chi connectivity index (χ1v) is 5.84. The van der Waals surface area contributed by atoms with E-state index in [4.69, 9.17) is 10.5 Å². The Bertz CT molecular complexity index is 634. The number of ether oxygens (including phenoxy) is 1. The van der Waals surface area contributed by atoms with Crippen LogP contribution in [0.5, 0.6) is 11.5 Å². The molecule has 2 N–H and O–H groups in total. The van der Waals surface area contributed by atoms with Gasteiger partial charge in [-0.3, -0.25) is 0 Å². The fourth-order valence-corrected chi connectivity index (χ4v) is 1.80. The summed E-state index contributed by atoms with van der Waals surface area (Å²) in [6, 6.07) is 5.46. The highest BCUT2D eigenvalue weighted by atomic mass is 19.4. The molecule has 0 aliphatic carbocycles. The van der Waals surface area contributed by atoms with Crippen molar-refractivity contribution in [1.29, 1.82) is 0 Å². The minimum atomic E-state index is -4.53. The van der Waals surface area contributed by atoms with E-state index >= 15 is 0 Å². The van der Waals surface area contributed by atoms with Gasteiger partial charge in [0.1, 0.15) is 23.1 Å². The van der Waals surface area contributed by atoms with Gasteiger partial charge < -0.3 is 10.5 Å². The third kappa shape index (κ3) is 3.69. The highest BCUT2D eigenvalue weighted by Gasteiger charge is 2.33. The van der Waals surface area contributed by atoms with Crippen LogP contribution in [0, 0.1) is 11.6 Å². The lowest BCUT2D eigenvalue weighted by atomic mass is 10.1. The minimum absolute atomic E-state index is 0.00782. The maximum Gasteiger partial charge on any atom is 0.416 e. The van der Waals surface area contributed by atoms with Crippen molar-refractivity contribution in [3.63, 3.8) is 0 Å². The van der Waals surface area contributed by atoms with E-state index in [1.807, 2.05) is 0 Å². The Kier molecular flexibility index (Phi) is 4.13. The third-order valence-electron chi connectivity index (χ3n) is 2.67. The molecular formula is C14H10F5NO. The average molecular weight is 303 g/mol. The second kappa shape index (κ2) is 5.69. The molecule has 0 aromatic heterocycles. The first-order valence-electron chi connectivity index (χ1n) is 5.84. The Morgan fingerprint density at radius 3 is 2.05 bits per heavy atom. The predicted molar refractivity (Wildman–Crippen MR) is 65.8 cm³/mol. The van der Waals surface area contributed by atoms with Crippen molar-refractivity contribution in [2.45, 2.75) is 12.7 Å². The number of hydrogen-bond donors (Lipinski definition) is 1. The van der Waals surface area contributed by atoms with Crippen LogP contribution in [0.3, 0.4) is 0 Å². The molecule has 7 heteroatoms. The molecule has 0 heterocycles.